The number of benzene rings is 2. The van der Waals surface area contributed by atoms with Crippen molar-refractivity contribution in [1.29, 1.82) is 0 Å². The van der Waals surface area contributed by atoms with Crippen molar-refractivity contribution in [2.24, 2.45) is 0 Å². The van der Waals surface area contributed by atoms with E-state index in [1.807, 2.05) is 42.5 Å². The van der Waals surface area contributed by atoms with E-state index in [1.54, 1.807) is 24.4 Å². The summed E-state index contributed by atoms with van der Waals surface area (Å²) >= 11 is 0. The molecular formula is C21H19FN2O2. The largest absolute Gasteiger partial charge is 0.489 e. The highest BCUT2D eigenvalue weighted by Gasteiger charge is 2.07. The molecule has 0 radical (unpaired) electrons. The van der Waals surface area contributed by atoms with Gasteiger partial charge in [0.15, 0.2) is 0 Å². The minimum atomic E-state index is -0.276. The lowest BCUT2D eigenvalue weighted by Gasteiger charge is -2.10. The van der Waals surface area contributed by atoms with Crippen molar-refractivity contribution in [1.82, 2.24) is 10.6 Å². The molecule has 1 aliphatic rings. The van der Waals surface area contributed by atoms with E-state index >= 15 is 0 Å². The van der Waals surface area contributed by atoms with Gasteiger partial charge in [-0.15, -0.1) is 0 Å². The second-order valence-electron chi connectivity index (χ2n) is 5.71. The lowest BCUT2D eigenvalue weighted by atomic mass is 10.2. The third-order valence-electron chi connectivity index (χ3n) is 3.74. The Bertz CT molecular complexity index is 855. The predicted molar refractivity (Wildman–Crippen MR) is 98.5 cm³/mol. The summed E-state index contributed by atoms with van der Waals surface area (Å²) in [6.07, 6.45) is 8.89. The van der Waals surface area contributed by atoms with Gasteiger partial charge in [0.1, 0.15) is 23.9 Å². The monoisotopic (exact) mass is 350 g/mol. The maximum atomic E-state index is 13.1. The molecule has 1 heterocycles. The van der Waals surface area contributed by atoms with E-state index in [4.69, 9.17) is 4.74 Å². The van der Waals surface area contributed by atoms with Crippen molar-refractivity contribution < 1.29 is 13.9 Å². The molecule has 5 heteroatoms. The molecule has 0 aromatic heterocycles. The standard InChI is InChI=1S/C21H19FN2O2/c22-18-6-4-5-17(13-18)15-26-19-10-8-16(9-11-19)14-24-21(25)20-7-2-1-3-12-23-20/h1-13,23H,14-15H2,(H,24,25). The van der Waals surface area contributed by atoms with Crippen LogP contribution >= 0.6 is 0 Å². The highest BCUT2D eigenvalue weighted by Crippen LogP contribution is 2.15. The van der Waals surface area contributed by atoms with Crippen molar-refractivity contribution in [2.75, 3.05) is 0 Å². The average Bonchev–Trinajstić information content (AvgIpc) is 2.95. The molecule has 26 heavy (non-hydrogen) atoms. The first kappa shape index (κ1) is 17.5. The number of ether oxygens (including phenoxy) is 1. The SMILES string of the molecule is O=C(NCc1ccc(OCc2cccc(F)c2)cc1)C1=CC=CC=CN1. The van der Waals surface area contributed by atoms with Crippen LogP contribution in [0.4, 0.5) is 4.39 Å². The lowest BCUT2D eigenvalue weighted by molar-refractivity contribution is -0.117. The van der Waals surface area contributed by atoms with Crippen LogP contribution in [-0.2, 0) is 17.9 Å². The average molecular weight is 350 g/mol. The van der Waals surface area contributed by atoms with Gasteiger partial charge in [-0.05, 0) is 47.5 Å². The van der Waals surface area contributed by atoms with E-state index in [9.17, 15) is 9.18 Å². The van der Waals surface area contributed by atoms with Crippen molar-refractivity contribution in [3.05, 3.63) is 102 Å². The van der Waals surface area contributed by atoms with Crippen LogP contribution < -0.4 is 15.4 Å². The van der Waals surface area contributed by atoms with Crippen LogP contribution in [0.25, 0.3) is 0 Å². The summed E-state index contributed by atoms with van der Waals surface area (Å²) in [5, 5.41) is 5.78. The zero-order valence-corrected chi connectivity index (χ0v) is 14.1. The molecule has 0 fully saturated rings. The molecule has 3 rings (SSSR count). The molecule has 0 saturated heterocycles. The van der Waals surface area contributed by atoms with Crippen LogP contribution in [0.3, 0.4) is 0 Å². The van der Waals surface area contributed by atoms with Crippen molar-refractivity contribution in [3.63, 3.8) is 0 Å². The summed E-state index contributed by atoms with van der Waals surface area (Å²) in [6, 6.07) is 13.7. The van der Waals surface area contributed by atoms with Crippen molar-refractivity contribution in [3.8, 4) is 5.75 Å². The number of nitrogens with one attached hydrogen (secondary N) is 2. The zero-order chi connectivity index (χ0) is 18.2. The number of carbonyl (C=O) groups is 1. The molecule has 1 aliphatic heterocycles. The Morgan fingerprint density at radius 2 is 1.88 bits per heavy atom. The quantitative estimate of drug-likeness (QED) is 0.837. The molecule has 0 spiro atoms. The molecule has 1 amide bonds. The highest BCUT2D eigenvalue weighted by molar-refractivity contribution is 5.93. The summed E-state index contributed by atoms with van der Waals surface area (Å²) < 4.78 is 18.8. The van der Waals surface area contributed by atoms with E-state index in [0.717, 1.165) is 11.1 Å². The molecule has 4 nitrogen and oxygen atoms in total. The Balaban J connectivity index is 1.49. The van der Waals surface area contributed by atoms with Gasteiger partial charge in [-0.3, -0.25) is 4.79 Å². The smallest absolute Gasteiger partial charge is 0.267 e. The Morgan fingerprint density at radius 1 is 1.04 bits per heavy atom. The van der Waals surface area contributed by atoms with Crippen molar-refractivity contribution >= 4 is 5.91 Å². The third-order valence-corrected chi connectivity index (χ3v) is 3.74. The number of allylic oxidation sites excluding steroid dienone is 4. The summed E-state index contributed by atoms with van der Waals surface area (Å²) in [5.74, 6) is 0.238. The Labute approximate surface area is 151 Å². The second-order valence-corrected chi connectivity index (χ2v) is 5.71. The highest BCUT2D eigenvalue weighted by atomic mass is 19.1. The van der Waals surface area contributed by atoms with Crippen LogP contribution in [0.5, 0.6) is 5.75 Å². The Morgan fingerprint density at radius 3 is 2.69 bits per heavy atom. The van der Waals surface area contributed by atoms with E-state index < -0.39 is 0 Å². The van der Waals surface area contributed by atoms with E-state index in [-0.39, 0.29) is 11.7 Å². The van der Waals surface area contributed by atoms with Gasteiger partial charge in [0.25, 0.3) is 5.91 Å². The van der Waals surface area contributed by atoms with Gasteiger partial charge in [-0.2, -0.15) is 0 Å². The van der Waals surface area contributed by atoms with Gasteiger partial charge < -0.3 is 15.4 Å². The minimum absolute atomic E-state index is 0.173. The molecule has 2 aromatic carbocycles. The summed E-state index contributed by atoms with van der Waals surface area (Å²) in [6.45, 7) is 0.712. The first-order chi connectivity index (χ1) is 12.7. The topological polar surface area (TPSA) is 50.4 Å². The zero-order valence-electron chi connectivity index (χ0n) is 14.1. The fourth-order valence-electron chi connectivity index (χ4n) is 2.37. The van der Waals surface area contributed by atoms with Crippen LogP contribution in [0.15, 0.2) is 84.7 Å². The first-order valence-electron chi connectivity index (χ1n) is 8.25. The Hall–Kier alpha value is -3.34. The molecule has 0 saturated carbocycles. The van der Waals surface area contributed by atoms with Gasteiger partial charge in [-0.1, -0.05) is 36.4 Å². The normalized spacial score (nSPS) is 12.7. The Kier molecular flexibility index (Phi) is 5.83. The molecule has 0 unspecified atom stereocenters. The molecule has 2 aromatic rings. The predicted octanol–water partition coefficient (Wildman–Crippen LogP) is 3.58. The van der Waals surface area contributed by atoms with Crippen LogP contribution in [0.1, 0.15) is 11.1 Å². The molecular weight excluding hydrogens is 331 g/mol. The maximum Gasteiger partial charge on any atom is 0.267 e. The van der Waals surface area contributed by atoms with Gasteiger partial charge in [-0.25, -0.2) is 4.39 Å². The summed E-state index contributed by atoms with van der Waals surface area (Å²) in [7, 11) is 0. The molecule has 0 bridgehead atoms. The minimum Gasteiger partial charge on any atom is -0.489 e. The van der Waals surface area contributed by atoms with Gasteiger partial charge >= 0.3 is 0 Å². The fraction of sp³-hybridized carbons (Fsp3) is 0.0952. The number of halogens is 1. The van der Waals surface area contributed by atoms with E-state index in [1.165, 1.54) is 12.1 Å². The first-order valence-corrected chi connectivity index (χ1v) is 8.25. The van der Waals surface area contributed by atoms with Gasteiger partial charge in [0, 0.05) is 12.7 Å². The van der Waals surface area contributed by atoms with Crippen LogP contribution in [0.2, 0.25) is 0 Å². The van der Waals surface area contributed by atoms with Crippen molar-refractivity contribution in [2.45, 2.75) is 13.2 Å². The maximum absolute atomic E-state index is 13.1. The molecule has 132 valence electrons. The number of carbonyl (C=O) groups excluding carboxylic acids is 1. The van der Waals surface area contributed by atoms with Crippen LogP contribution in [-0.4, -0.2) is 5.91 Å². The van der Waals surface area contributed by atoms with E-state index in [0.29, 0.717) is 24.6 Å². The molecule has 2 N–H and O–H groups in total. The van der Waals surface area contributed by atoms with Gasteiger partial charge in [0.2, 0.25) is 0 Å². The second kappa shape index (κ2) is 8.67. The summed E-state index contributed by atoms with van der Waals surface area (Å²) in [5.41, 5.74) is 2.22. The molecule has 0 aliphatic carbocycles. The third kappa shape index (κ3) is 5.08. The number of amides is 1. The summed E-state index contributed by atoms with van der Waals surface area (Å²) in [4.78, 5) is 12.1. The lowest BCUT2D eigenvalue weighted by Crippen LogP contribution is -2.29. The number of hydrogen-bond donors (Lipinski definition) is 2. The molecule has 0 atom stereocenters. The van der Waals surface area contributed by atoms with Gasteiger partial charge in [0.05, 0.1) is 0 Å². The fourth-order valence-corrected chi connectivity index (χ4v) is 2.37. The number of hydrogen-bond acceptors (Lipinski definition) is 3. The van der Waals surface area contributed by atoms with Crippen LogP contribution in [0, 0.1) is 5.82 Å². The number of rotatable bonds is 6. The van der Waals surface area contributed by atoms with E-state index in [2.05, 4.69) is 10.6 Å².